The summed E-state index contributed by atoms with van der Waals surface area (Å²) in [4.78, 5) is 42.4. The molecule has 2 N–H and O–H groups in total. The second-order valence-corrected chi connectivity index (χ2v) is 10.6. The number of nitrogens with one attached hydrogen (secondary N) is 1. The first-order chi connectivity index (χ1) is 19.2. The second kappa shape index (κ2) is 11.5. The zero-order valence-electron chi connectivity index (χ0n) is 22.8. The molecule has 1 heterocycles. The van der Waals surface area contributed by atoms with E-state index in [2.05, 4.69) is 5.32 Å². The number of carbonyl (C=O) groups is 3. The third-order valence-electron chi connectivity index (χ3n) is 6.37. The molecule has 1 fully saturated rings. The molecule has 0 unspecified atom stereocenters. The summed E-state index contributed by atoms with van der Waals surface area (Å²) < 4.78 is 44.3. The number of aromatic hydroxyl groups is 1. The van der Waals surface area contributed by atoms with Gasteiger partial charge >= 0.3 is 12.3 Å². The van der Waals surface area contributed by atoms with Crippen LogP contribution in [0.2, 0.25) is 0 Å². The molecule has 0 spiro atoms. The van der Waals surface area contributed by atoms with Gasteiger partial charge in [-0.25, -0.2) is 4.79 Å². The summed E-state index contributed by atoms with van der Waals surface area (Å²) in [5.74, 6) is -1.83. The molecule has 0 aliphatic carbocycles. The van der Waals surface area contributed by atoms with Gasteiger partial charge in [-0.1, -0.05) is 30.3 Å². The van der Waals surface area contributed by atoms with Gasteiger partial charge in [0, 0.05) is 31.9 Å². The van der Waals surface area contributed by atoms with Crippen molar-refractivity contribution in [2.45, 2.75) is 32.5 Å². The van der Waals surface area contributed by atoms with Crippen LogP contribution in [-0.4, -0.2) is 64.6 Å². The maximum absolute atomic E-state index is 13.6. The monoisotopic (exact) mass is 569 g/mol. The predicted molar refractivity (Wildman–Crippen MR) is 147 cm³/mol. The Morgan fingerprint density at radius 2 is 1.41 bits per heavy atom. The van der Waals surface area contributed by atoms with E-state index in [1.54, 1.807) is 51.1 Å². The van der Waals surface area contributed by atoms with Crippen molar-refractivity contribution >= 4 is 23.6 Å². The number of benzene rings is 3. The molecular formula is C30H30F3N3O5. The van der Waals surface area contributed by atoms with Crippen LogP contribution in [0.4, 0.5) is 23.7 Å². The lowest BCUT2D eigenvalue weighted by molar-refractivity contribution is -0.137. The van der Waals surface area contributed by atoms with Crippen molar-refractivity contribution in [3.05, 3.63) is 83.4 Å². The number of alkyl halides is 3. The maximum Gasteiger partial charge on any atom is 0.416 e. The van der Waals surface area contributed by atoms with Crippen molar-refractivity contribution < 1.29 is 37.4 Å². The van der Waals surface area contributed by atoms with E-state index in [0.717, 1.165) is 24.3 Å². The number of carbonyl (C=O) groups excluding carboxylic acids is 3. The molecular weight excluding hydrogens is 539 g/mol. The first kappa shape index (κ1) is 29.4. The summed E-state index contributed by atoms with van der Waals surface area (Å²) in [5.41, 5.74) is -0.727. The molecule has 4 rings (SSSR count). The average Bonchev–Trinajstić information content (AvgIpc) is 2.91. The highest BCUT2D eigenvalue weighted by Gasteiger charge is 2.32. The van der Waals surface area contributed by atoms with Gasteiger partial charge in [-0.2, -0.15) is 13.2 Å². The van der Waals surface area contributed by atoms with Gasteiger partial charge in [-0.05, 0) is 68.3 Å². The van der Waals surface area contributed by atoms with E-state index in [0.29, 0.717) is 11.1 Å². The van der Waals surface area contributed by atoms with Crippen LogP contribution < -0.4 is 5.32 Å². The van der Waals surface area contributed by atoms with Gasteiger partial charge in [0.1, 0.15) is 11.4 Å². The minimum atomic E-state index is -4.54. The van der Waals surface area contributed by atoms with Gasteiger partial charge in [0.05, 0.1) is 16.7 Å². The number of hydrogen-bond donors (Lipinski definition) is 2. The molecule has 3 aromatic rings. The van der Waals surface area contributed by atoms with Crippen molar-refractivity contribution in [2.24, 2.45) is 0 Å². The minimum absolute atomic E-state index is 0.0805. The maximum atomic E-state index is 13.6. The average molecular weight is 570 g/mol. The van der Waals surface area contributed by atoms with E-state index in [-0.39, 0.29) is 43.0 Å². The molecule has 3 aromatic carbocycles. The van der Waals surface area contributed by atoms with Gasteiger partial charge < -0.3 is 25.0 Å². The molecule has 0 radical (unpaired) electrons. The number of anilines is 1. The molecule has 3 amide bonds. The van der Waals surface area contributed by atoms with E-state index in [9.17, 15) is 32.7 Å². The number of phenols is 1. The number of hydrogen-bond acceptors (Lipinski definition) is 5. The lowest BCUT2D eigenvalue weighted by Gasteiger charge is -2.36. The summed E-state index contributed by atoms with van der Waals surface area (Å²) in [6.45, 7) is 5.92. The summed E-state index contributed by atoms with van der Waals surface area (Å²) in [7, 11) is 0. The zero-order valence-corrected chi connectivity index (χ0v) is 22.8. The Morgan fingerprint density at radius 3 is 1.98 bits per heavy atom. The van der Waals surface area contributed by atoms with Crippen LogP contribution >= 0.6 is 0 Å². The number of phenolic OH excluding ortho intramolecular Hbond substituents is 1. The van der Waals surface area contributed by atoms with Crippen LogP contribution in [0.1, 0.15) is 47.1 Å². The number of halogens is 3. The van der Waals surface area contributed by atoms with Gasteiger partial charge in [0.15, 0.2) is 0 Å². The standard InChI is InChI=1S/C30H30F3N3O5/c1-29(2,3)41-28(40)36-15-13-35(14-16-36)27(39)25-23(17-20(18-24(25)37)19-7-5-4-6-8-19)26(38)34-22-11-9-21(10-12-22)30(31,32)33/h4-12,17-18,37H,13-16H2,1-3H3,(H,34,38). The Kier molecular flexibility index (Phi) is 8.27. The smallest absolute Gasteiger partial charge is 0.416 e. The van der Waals surface area contributed by atoms with Crippen LogP contribution in [0.3, 0.4) is 0 Å². The molecule has 0 aromatic heterocycles. The molecule has 1 aliphatic heterocycles. The van der Waals surface area contributed by atoms with E-state index in [1.807, 2.05) is 0 Å². The normalized spacial score (nSPS) is 14.0. The number of ether oxygens (including phenoxy) is 1. The van der Waals surface area contributed by atoms with Crippen LogP contribution in [-0.2, 0) is 10.9 Å². The minimum Gasteiger partial charge on any atom is -0.507 e. The zero-order chi connectivity index (χ0) is 29.9. The highest BCUT2D eigenvalue weighted by atomic mass is 19.4. The lowest BCUT2D eigenvalue weighted by Crippen LogP contribution is -2.51. The van der Waals surface area contributed by atoms with Gasteiger partial charge in [0.2, 0.25) is 0 Å². The van der Waals surface area contributed by atoms with E-state index in [1.165, 1.54) is 21.9 Å². The fourth-order valence-corrected chi connectivity index (χ4v) is 4.35. The SMILES string of the molecule is CC(C)(C)OC(=O)N1CCN(C(=O)c2c(O)cc(-c3ccccc3)cc2C(=O)Nc2ccc(C(F)(F)F)cc2)CC1. The van der Waals surface area contributed by atoms with E-state index in [4.69, 9.17) is 4.74 Å². The van der Waals surface area contributed by atoms with Crippen molar-refractivity contribution in [1.82, 2.24) is 9.80 Å². The molecule has 0 atom stereocenters. The highest BCUT2D eigenvalue weighted by molar-refractivity contribution is 6.14. The van der Waals surface area contributed by atoms with E-state index >= 15 is 0 Å². The molecule has 216 valence electrons. The topological polar surface area (TPSA) is 99.2 Å². The predicted octanol–water partition coefficient (Wildman–Crippen LogP) is 6.02. The molecule has 8 nitrogen and oxygen atoms in total. The quantitative estimate of drug-likeness (QED) is 0.400. The summed E-state index contributed by atoms with van der Waals surface area (Å²) >= 11 is 0. The number of piperazine rings is 1. The summed E-state index contributed by atoms with van der Waals surface area (Å²) in [6.07, 6.45) is -5.04. The summed E-state index contributed by atoms with van der Waals surface area (Å²) in [6, 6.07) is 15.6. The molecule has 11 heteroatoms. The van der Waals surface area contributed by atoms with Crippen molar-refractivity contribution in [3.8, 4) is 16.9 Å². The summed E-state index contributed by atoms with van der Waals surface area (Å²) in [5, 5.41) is 13.5. The van der Waals surface area contributed by atoms with Crippen molar-refractivity contribution in [3.63, 3.8) is 0 Å². The molecule has 0 bridgehead atoms. The molecule has 1 saturated heterocycles. The van der Waals surface area contributed by atoms with Crippen LogP contribution in [0.5, 0.6) is 5.75 Å². The second-order valence-electron chi connectivity index (χ2n) is 10.6. The molecule has 41 heavy (non-hydrogen) atoms. The Labute approximate surface area is 235 Å². The Balaban J connectivity index is 1.62. The van der Waals surface area contributed by atoms with E-state index < -0.39 is 41.0 Å². The van der Waals surface area contributed by atoms with Gasteiger partial charge in [0.25, 0.3) is 11.8 Å². The number of amides is 3. The van der Waals surface area contributed by atoms with Gasteiger partial charge in [-0.3, -0.25) is 9.59 Å². The largest absolute Gasteiger partial charge is 0.507 e. The van der Waals surface area contributed by atoms with Crippen molar-refractivity contribution in [1.29, 1.82) is 0 Å². The fraction of sp³-hybridized carbons (Fsp3) is 0.300. The Morgan fingerprint density at radius 1 is 0.829 bits per heavy atom. The van der Waals surface area contributed by atoms with Gasteiger partial charge in [-0.15, -0.1) is 0 Å². The number of rotatable bonds is 4. The highest BCUT2D eigenvalue weighted by Crippen LogP contribution is 2.33. The molecule has 0 saturated carbocycles. The van der Waals surface area contributed by atoms with Crippen LogP contribution in [0.25, 0.3) is 11.1 Å². The molecule has 1 aliphatic rings. The fourth-order valence-electron chi connectivity index (χ4n) is 4.35. The third kappa shape index (κ3) is 7.16. The Hall–Kier alpha value is -4.54. The Bertz CT molecular complexity index is 1430. The third-order valence-corrected chi connectivity index (χ3v) is 6.37. The first-order valence-corrected chi connectivity index (χ1v) is 12.9. The lowest BCUT2D eigenvalue weighted by atomic mass is 9.96. The van der Waals surface area contributed by atoms with Crippen LogP contribution in [0.15, 0.2) is 66.7 Å². The van der Waals surface area contributed by atoms with Crippen molar-refractivity contribution in [2.75, 3.05) is 31.5 Å². The van der Waals surface area contributed by atoms with Crippen LogP contribution in [0, 0.1) is 0 Å². The number of nitrogens with zero attached hydrogens (tertiary/aromatic N) is 2. The first-order valence-electron chi connectivity index (χ1n) is 12.9.